The van der Waals surface area contributed by atoms with Crippen LogP contribution in [0.5, 0.6) is 0 Å². The molecule has 0 bridgehead atoms. The first kappa shape index (κ1) is 8.75. The van der Waals surface area contributed by atoms with Crippen LogP contribution in [0.2, 0.25) is 0 Å². The van der Waals surface area contributed by atoms with Crippen LogP contribution in [0.3, 0.4) is 0 Å². The number of halogens is 1. The molecule has 0 saturated heterocycles. The van der Waals surface area contributed by atoms with E-state index in [1.165, 1.54) is 11.1 Å². The van der Waals surface area contributed by atoms with Gasteiger partial charge in [0.25, 0.3) is 0 Å². The number of benzene rings is 1. The Morgan fingerprint density at radius 2 is 2.23 bits per heavy atom. The standard InChI is InChI=1S/C10H10BrNO/c1-13-12-10-5-2-7-6-8(11)3-4-9(7)10/h3-4,6H,2,5H2,1H3. The summed E-state index contributed by atoms with van der Waals surface area (Å²) in [5, 5.41) is 4.00. The Kier molecular flexibility index (Phi) is 2.36. The molecule has 0 saturated carbocycles. The van der Waals surface area contributed by atoms with Crippen molar-refractivity contribution in [1.82, 2.24) is 0 Å². The topological polar surface area (TPSA) is 21.6 Å². The first-order chi connectivity index (χ1) is 6.31. The summed E-state index contributed by atoms with van der Waals surface area (Å²) in [4.78, 5) is 4.79. The zero-order chi connectivity index (χ0) is 9.26. The lowest BCUT2D eigenvalue weighted by Gasteiger charge is -1.99. The van der Waals surface area contributed by atoms with Crippen molar-refractivity contribution < 1.29 is 4.84 Å². The van der Waals surface area contributed by atoms with Gasteiger partial charge in [0.1, 0.15) is 7.11 Å². The molecule has 0 amide bonds. The smallest absolute Gasteiger partial charge is 0.106 e. The second-order valence-corrected chi connectivity index (χ2v) is 3.94. The minimum absolute atomic E-state index is 0.986. The number of oxime groups is 1. The Hall–Kier alpha value is -0.830. The molecular weight excluding hydrogens is 230 g/mol. The molecular formula is C10H10BrNO. The first-order valence-corrected chi connectivity index (χ1v) is 4.99. The van der Waals surface area contributed by atoms with E-state index >= 15 is 0 Å². The summed E-state index contributed by atoms with van der Waals surface area (Å²) in [5.41, 5.74) is 3.64. The van der Waals surface area contributed by atoms with E-state index in [0.717, 1.165) is 23.0 Å². The molecule has 2 rings (SSSR count). The summed E-state index contributed by atoms with van der Waals surface area (Å²) >= 11 is 3.45. The van der Waals surface area contributed by atoms with Gasteiger partial charge in [-0.2, -0.15) is 0 Å². The van der Waals surface area contributed by atoms with Crippen molar-refractivity contribution >= 4 is 21.6 Å². The van der Waals surface area contributed by atoms with Crippen LogP contribution in [-0.2, 0) is 11.3 Å². The Labute approximate surface area is 85.7 Å². The van der Waals surface area contributed by atoms with Gasteiger partial charge < -0.3 is 4.84 Å². The van der Waals surface area contributed by atoms with Crippen LogP contribution >= 0.6 is 15.9 Å². The number of hydrogen-bond donors (Lipinski definition) is 0. The van der Waals surface area contributed by atoms with Crippen molar-refractivity contribution in [2.24, 2.45) is 5.16 Å². The second-order valence-electron chi connectivity index (χ2n) is 3.02. The summed E-state index contributed by atoms with van der Waals surface area (Å²) < 4.78 is 1.13. The van der Waals surface area contributed by atoms with E-state index in [2.05, 4.69) is 33.2 Å². The molecule has 1 aromatic rings. The third-order valence-electron chi connectivity index (χ3n) is 2.21. The second kappa shape index (κ2) is 3.50. The van der Waals surface area contributed by atoms with Gasteiger partial charge in [-0.1, -0.05) is 27.2 Å². The number of rotatable bonds is 1. The summed E-state index contributed by atoms with van der Waals surface area (Å²) in [5.74, 6) is 0. The monoisotopic (exact) mass is 239 g/mol. The molecule has 0 N–H and O–H groups in total. The SMILES string of the molecule is CON=C1CCc2cc(Br)ccc21. The van der Waals surface area contributed by atoms with Gasteiger partial charge >= 0.3 is 0 Å². The average molecular weight is 240 g/mol. The summed E-state index contributed by atoms with van der Waals surface area (Å²) in [6.07, 6.45) is 2.05. The van der Waals surface area contributed by atoms with E-state index in [9.17, 15) is 0 Å². The van der Waals surface area contributed by atoms with Gasteiger partial charge in [0.15, 0.2) is 0 Å². The van der Waals surface area contributed by atoms with Crippen molar-refractivity contribution in [2.45, 2.75) is 12.8 Å². The molecule has 0 radical (unpaired) electrons. The average Bonchev–Trinajstić information content (AvgIpc) is 2.49. The van der Waals surface area contributed by atoms with Crippen LogP contribution in [-0.4, -0.2) is 12.8 Å². The highest BCUT2D eigenvalue weighted by molar-refractivity contribution is 9.10. The Bertz CT molecular complexity index is 360. The number of aryl methyl sites for hydroxylation is 1. The number of hydrogen-bond acceptors (Lipinski definition) is 2. The van der Waals surface area contributed by atoms with Crippen LogP contribution in [0.25, 0.3) is 0 Å². The summed E-state index contributed by atoms with van der Waals surface area (Å²) in [7, 11) is 1.59. The number of nitrogens with zero attached hydrogens (tertiary/aromatic N) is 1. The van der Waals surface area contributed by atoms with Gasteiger partial charge in [-0.05, 0) is 30.5 Å². The maximum Gasteiger partial charge on any atom is 0.106 e. The van der Waals surface area contributed by atoms with Crippen molar-refractivity contribution in [2.75, 3.05) is 7.11 Å². The lowest BCUT2D eigenvalue weighted by molar-refractivity contribution is 0.213. The van der Waals surface area contributed by atoms with Gasteiger partial charge in [-0.3, -0.25) is 0 Å². The van der Waals surface area contributed by atoms with Gasteiger partial charge in [-0.15, -0.1) is 0 Å². The van der Waals surface area contributed by atoms with E-state index in [1.54, 1.807) is 7.11 Å². The fraction of sp³-hybridized carbons (Fsp3) is 0.300. The van der Waals surface area contributed by atoms with E-state index in [-0.39, 0.29) is 0 Å². The largest absolute Gasteiger partial charge is 0.399 e. The molecule has 0 atom stereocenters. The molecule has 13 heavy (non-hydrogen) atoms. The zero-order valence-corrected chi connectivity index (χ0v) is 8.97. The minimum Gasteiger partial charge on any atom is -0.399 e. The quantitative estimate of drug-likeness (QED) is 0.691. The van der Waals surface area contributed by atoms with Crippen LogP contribution < -0.4 is 0 Å². The van der Waals surface area contributed by atoms with E-state index < -0.39 is 0 Å². The van der Waals surface area contributed by atoms with Gasteiger partial charge in [0, 0.05) is 10.0 Å². The molecule has 3 heteroatoms. The molecule has 0 unspecified atom stereocenters. The fourth-order valence-corrected chi connectivity index (χ4v) is 2.05. The normalized spacial score (nSPS) is 17.5. The molecule has 1 aliphatic carbocycles. The highest BCUT2D eigenvalue weighted by atomic mass is 79.9. The highest BCUT2D eigenvalue weighted by Crippen LogP contribution is 2.25. The molecule has 2 nitrogen and oxygen atoms in total. The Balaban J connectivity index is 2.44. The lowest BCUT2D eigenvalue weighted by atomic mass is 10.1. The molecule has 1 aromatic carbocycles. The predicted molar refractivity (Wildman–Crippen MR) is 56.0 cm³/mol. The third-order valence-corrected chi connectivity index (χ3v) is 2.70. The van der Waals surface area contributed by atoms with Crippen LogP contribution in [0.4, 0.5) is 0 Å². The zero-order valence-electron chi connectivity index (χ0n) is 7.38. The summed E-state index contributed by atoms with van der Waals surface area (Å²) in [6, 6.07) is 6.27. The molecule has 0 heterocycles. The van der Waals surface area contributed by atoms with Crippen molar-refractivity contribution in [1.29, 1.82) is 0 Å². The van der Waals surface area contributed by atoms with Gasteiger partial charge in [0.2, 0.25) is 0 Å². The van der Waals surface area contributed by atoms with Crippen LogP contribution in [0.15, 0.2) is 27.8 Å². The van der Waals surface area contributed by atoms with E-state index in [1.807, 2.05) is 6.07 Å². The van der Waals surface area contributed by atoms with Gasteiger partial charge in [0.05, 0.1) is 5.71 Å². The first-order valence-electron chi connectivity index (χ1n) is 4.20. The van der Waals surface area contributed by atoms with E-state index in [4.69, 9.17) is 4.84 Å². The Morgan fingerprint density at radius 1 is 1.38 bits per heavy atom. The maximum atomic E-state index is 4.79. The molecule has 0 spiro atoms. The molecule has 1 aliphatic rings. The highest BCUT2D eigenvalue weighted by Gasteiger charge is 2.17. The van der Waals surface area contributed by atoms with Crippen molar-refractivity contribution in [3.8, 4) is 0 Å². The van der Waals surface area contributed by atoms with Crippen molar-refractivity contribution in [3.05, 3.63) is 33.8 Å². The van der Waals surface area contributed by atoms with Crippen LogP contribution in [0.1, 0.15) is 17.5 Å². The molecule has 68 valence electrons. The molecule has 0 aliphatic heterocycles. The van der Waals surface area contributed by atoms with E-state index in [0.29, 0.717) is 0 Å². The Morgan fingerprint density at radius 3 is 3.00 bits per heavy atom. The van der Waals surface area contributed by atoms with Gasteiger partial charge in [-0.25, -0.2) is 0 Å². The maximum absolute atomic E-state index is 4.79. The predicted octanol–water partition coefficient (Wildman–Crippen LogP) is 2.75. The van der Waals surface area contributed by atoms with Crippen molar-refractivity contribution in [3.63, 3.8) is 0 Å². The third kappa shape index (κ3) is 1.61. The molecule has 0 fully saturated rings. The lowest BCUT2D eigenvalue weighted by Crippen LogP contribution is -1.94. The molecule has 0 aromatic heterocycles. The number of fused-ring (bicyclic) bond motifs is 1. The van der Waals surface area contributed by atoms with Crippen LogP contribution in [0, 0.1) is 0 Å². The minimum atomic E-state index is 0.986. The fourth-order valence-electron chi connectivity index (χ4n) is 1.64. The summed E-state index contributed by atoms with van der Waals surface area (Å²) in [6.45, 7) is 0.